The summed E-state index contributed by atoms with van der Waals surface area (Å²) < 4.78 is 10.3. The predicted molar refractivity (Wildman–Crippen MR) is 71.3 cm³/mol. The van der Waals surface area contributed by atoms with Crippen LogP contribution in [0.5, 0.6) is 0 Å². The van der Waals surface area contributed by atoms with Crippen molar-refractivity contribution in [2.75, 3.05) is 6.54 Å². The van der Waals surface area contributed by atoms with E-state index in [4.69, 9.17) is 9.26 Å². The van der Waals surface area contributed by atoms with Crippen LogP contribution in [0.25, 0.3) is 11.3 Å². The first-order valence-corrected chi connectivity index (χ1v) is 6.76. The molecule has 6 heteroatoms. The maximum absolute atomic E-state index is 12.4. The van der Waals surface area contributed by atoms with Gasteiger partial charge in [0.1, 0.15) is 12.1 Å². The summed E-state index contributed by atoms with van der Waals surface area (Å²) in [7, 11) is 0. The van der Waals surface area contributed by atoms with Crippen LogP contribution in [0.2, 0.25) is 0 Å². The Labute approximate surface area is 120 Å². The Morgan fingerprint density at radius 3 is 2.81 bits per heavy atom. The average molecular weight is 284 g/mol. The summed E-state index contributed by atoms with van der Waals surface area (Å²) in [4.78, 5) is 25.5. The molecule has 21 heavy (non-hydrogen) atoms. The molecule has 0 aliphatic carbocycles. The van der Waals surface area contributed by atoms with Crippen LogP contribution in [0.4, 0.5) is 0 Å². The van der Waals surface area contributed by atoms with Crippen molar-refractivity contribution in [1.82, 2.24) is 10.1 Å². The minimum atomic E-state index is -0.473. The fourth-order valence-corrected chi connectivity index (χ4v) is 2.84. The molecule has 0 radical (unpaired) electrons. The molecule has 2 aromatic rings. The maximum atomic E-state index is 12.4. The van der Waals surface area contributed by atoms with E-state index in [9.17, 15) is 9.59 Å². The molecule has 2 saturated heterocycles. The molecule has 0 N–H and O–H groups in total. The Morgan fingerprint density at radius 2 is 2.10 bits per heavy atom. The van der Waals surface area contributed by atoms with Crippen molar-refractivity contribution in [3.05, 3.63) is 42.1 Å². The third-order valence-electron chi connectivity index (χ3n) is 3.87. The van der Waals surface area contributed by atoms with Gasteiger partial charge in [-0.15, -0.1) is 0 Å². The zero-order valence-electron chi connectivity index (χ0n) is 11.1. The Bertz CT molecular complexity index is 709. The van der Waals surface area contributed by atoms with Crippen LogP contribution in [0.1, 0.15) is 16.9 Å². The molecule has 2 bridgehead atoms. The lowest BCUT2D eigenvalue weighted by atomic mass is 10.1. The summed E-state index contributed by atoms with van der Waals surface area (Å²) in [6.07, 6.45) is 0.403. The standard InChI is InChI=1S/C15H12N2O4/c18-14(17-8-10-6-12(17)15(19)20-10)11-7-13(21-16-11)9-4-2-1-3-5-9/h1-5,7,10,12H,6,8H2. The van der Waals surface area contributed by atoms with E-state index in [2.05, 4.69) is 5.16 Å². The number of hydrogen-bond acceptors (Lipinski definition) is 5. The molecular formula is C15H12N2O4. The first-order valence-electron chi connectivity index (χ1n) is 6.76. The van der Waals surface area contributed by atoms with Gasteiger partial charge in [0.2, 0.25) is 0 Å². The molecule has 2 unspecified atom stereocenters. The first kappa shape index (κ1) is 12.1. The van der Waals surface area contributed by atoms with Crippen molar-refractivity contribution < 1.29 is 18.8 Å². The lowest BCUT2D eigenvalue weighted by molar-refractivity contribution is -0.149. The number of morpholine rings is 1. The zero-order valence-corrected chi connectivity index (χ0v) is 11.1. The van der Waals surface area contributed by atoms with Crippen LogP contribution >= 0.6 is 0 Å². The van der Waals surface area contributed by atoms with E-state index in [0.29, 0.717) is 18.7 Å². The van der Waals surface area contributed by atoms with Gasteiger partial charge < -0.3 is 14.2 Å². The van der Waals surface area contributed by atoms with Crippen LogP contribution < -0.4 is 0 Å². The monoisotopic (exact) mass is 284 g/mol. The number of rotatable bonds is 2. The van der Waals surface area contributed by atoms with Crippen molar-refractivity contribution in [1.29, 1.82) is 0 Å². The molecule has 2 aliphatic rings. The fraction of sp³-hybridized carbons (Fsp3) is 0.267. The highest BCUT2D eigenvalue weighted by Gasteiger charge is 2.49. The molecule has 0 saturated carbocycles. The smallest absolute Gasteiger partial charge is 0.329 e. The molecule has 106 valence electrons. The van der Waals surface area contributed by atoms with E-state index in [-0.39, 0.29) is 23.7 Å². The lowest BCUT2D eigenvalue weighted by Gasteiger charge is -2.24. The van der Waals surface area contributed by atoms with E-state index in [1.165, 1.54) is 4.90 Å². The molecule has 3 heterocycles. The highest BCUT2D eigenvalue weighted by molar-refractivity contribution is 5.97. The number of likely N-dealkylation sites (tertiary alicyclic amines) is 1. The average Bonchev–Trinajstić information content (AvgIpc) is 3.22. The number of fused-ring (bicyclic) bond motifs is 2. The maximum Gasteiger partial charge on any atom is 0.329 e. The molecule has 2 fully saturated rings. The van der Waals surface area contributed by atoms with E-state index in [0.717, 1.165) is 5.56 Å². The quantitative estimate of drug-likeness (QED) is 0.781. The molecule has 1 amide bonds. The van der Waals surface area contributed by atoms with Crippen molar-refractivity contribution in [2.24, 2.45) is 0 Å². The molecule has 0 spiro atoms. The summed E-state index contributed by atoms with van der Waals surface area (Å²) in [5.74, 6) is -0.0812. The van der Waals surface area contributed by atoms with E-state index < -0.39 is 6.04 Å². The SMILES string of the molecule is O=C1OC2CC1N(C(=O)c1cc(-c3ccccc3)on1)C2. The number of carbonyl (C=O) groups excluding carboxylic acids is 2. The molecular weight excluding hydrogens is 272 g/mol. The molecule has 1 aromatic heterocycles. The van der Waals surface area contributed by atoms with Gasteiger partial charge in [0, 0.05) is 18.1 Å². The molecule has 6 nitrogen and oxygen atoms in total. The van der Waals surface area contributed by atoms with Gasteiger partial charge in [0.05, 0.1) is 6.54 Å². The number of nitrogens with zero attached hydrogens (tertiary/aromatic N) is 2. The van der Waals surface area contributed by atoms with Gasteiger partial charge in [-0.3, -0.25) is 4.79 Å². The van der Waals surface area contributed by atoms with Gasteiger partial charge >= 0.3 is 5.97 Å². The number of benzene rings is 1. The summed E-state index contributed by atoms with van der Waals surface area (Å²) in [5.41, 5.74) is 1.07. The second-order valence-electron chi connectivity index (χ2n) is 5.21. The van der Waals surface area contributed by atoms with Gasteiger partial charge in [0.15, 0.2) is 11.5 Å². The number of hydrogen-bond donors (Lipinski definition) is 0. The third kappa shape index (κ3) is 1.91. The van der Waals surface area contributed by atoms with E-state index in [1.807, 2.05) is 30.3 Å². The van der Waals surface area contributed by atoms with Crippen LogP contribution in [0.15, 0.2) is 40.9 Å². The summed E-state index contributed by atoms with van der Waals surface area (Å²) in [6.45, 7) is 0.433. The van der Waals surface area contributed by atoms with E-state index in [1.54, 1.807) is 6.07 Å². The van der Waals surface area contributed by atoms with Crippen LogP contribution in [-0.4, -0.2) is 40.6 Å². The molecule has 1 aromatic carbocycles. The van der Waals surface area contributed by atoms with Crippen LogP contribution in [0, 0.1) is 0 Å². The number of ether oxygens (including phenoxy) is 1. The Kier molecular flexibility index (Phi) is 2.57. The van der Waals surface area contributed by atoms with Crippen molar-refractivity contribution in [2.45, 2.75) is 18.6 Å². The molecule has 2 atom stereocenters. The van der Waals surface area contributed by atoms with Gasteiger partial charge in [-0.25, -0.2) is 4.79 Å². The number of amides is 1. The van der Waals surface area contributed by atoms with Crippen LogP contribution in [-0.2, 0) is 9.53 Å². The summed E-state index contributed by atoms with van der Waals surface area (Å²) >= 11 is 0. The highest BCUT2D eigenvalue weighted by Crippen LogP contribution is 2.30. The summed E-state index contributed by atoms with van der Waals surface area (Å²) in [5, 5.41) is 3.83. The van der Waals surface area contributed by atoms with Gasteiger partial charge in [0.25, 0.3) is 5.91 Å². The second-order valence-corrected chi connectivity index (χ2v) is 5.21. The minimum absolute atomic E-state index is 0.174. The molecule has 4 rings (SSSR count). The van der Waals surface area contributed by atoms with Gasteiger partial charge in [-0.05, 0) is 0 Å². The first-order chi connectivity index (χ1) is 10.2. The summed E-state index contributed by atoms with van der Waals surface area (Å²) in [6, 6.07) is 10.6. The largest absolute Gasteiger partial charge is 0.459 e. The van der Waals surface area contributed by atoms with Gasteiger partial charge in [-0.2, -0.15) is 0 Å². The number of carbonyl (C=O) groups is 2. The Balaban J connectivity index is 1.59. The number of esters is 1. The van der Waals surface area contributed by atoms with Crippen molar-refractivity contribution >= 4 is 11.9 Å². The second kappa shape index (κ2) is 4.44. The highest BCUT2D eigenvalue weighted by atomic mass is 16.6. The van der Waals surface area contributed by atoms with Crippen molar-refractivity contribution in [3.63, 3.8) is 0 Å². The fourth-order valence-electron chi connectivity index (χ4n) is 2.84. The Hall–Kier alpha value is -2.63. The zero-order chi connectivity index (χ0) is 14.4. The normalized spacial score (nSPS) is 23.4. The molecule has 2 aliphatic heterocycles. The lowest BCUT2D eigenvalue weighted by Crippen LogP contribution is -2.44. The van der Waals surface area contributed by atoms with Crippen molar-refractivity contribution in [3.8, 4) is 11.3 Å². The van der Waals surface area contributed by atoms with E-state index >= 15 is 0 Å². The van der Waals surface area contributed by atoms with Gasteiger partial charge in [-0.1, -0.05) is 35.5 Å². The topological polar surface area (TPSA) is 72.6 Å². The third-order valence-corrected chi connectivity index (χ3v) is 3.87. The minimum Gasteiger partial charge on any atom is -0.459 e. The van der Waals surface area contributed by atoms with Crippen LogP contribution in [0.3, 0.4) is 0 Å². The predicted octanol–water partition coefficient (Wildman–Crippen LogP) is 1.48. The Morgan fingerprint density at radius 1 is 1.29 bits per heavy atom. The number of aromatic nitrogens is 1.